The number of anilines is 1. The lowest BCUT2D eigenvalue weighted by molar-refractivity contribution is -0.119. The Bertz CT molecular complexity index is 1180. The molecule has 7 nitrogen and oxygen atoms in total. The quantitative estimate of drug-likeness (QED) is 0.545. The van der Waals surface area contributed by atoms with Crippen molar-refractivity contribution < 1.29 is 22.7 Å². The highest BCUT2D eigenvalue weighted by atomic mass is 32.2. The molecule has 0 aromatic heterocycles. The van der Waals surface area contributed by atoms with E-state index in [4.69, 9.17) is 4.74 Å². The van der Waals surface area contributed by atoms with Crippen molar-refractivity contribution in [3.05, 3.63) is 84.4 Å². The van der Waals surface area contributed by atoms with Gasteiger partial charge in [-0.3, -0.25) is 9.59 Å². The molecule has 0 fully saturated rings. The van der Waals surface area contributed by atoms with Gasteiger partial charge >= 0.3 is 0 Å². The average molecular weight is 439 g/mol. The third-order valence-electron chi connectivity index (χ3n) is 4.23. The van der Waals surface area contributed by atoms with E-state index in [1.54, 1.807) is 49.4 Å². The maximum absolute atomic E-state index is 12.8. The molecule has 0 bridgehead atoms. The summed E-state index contributed by atoms with van der Waals surface area (Å²) in [7, 11) is -4.13. The molecule has 0 radical (unpaired) electrons. The molecule has 2 N–H and O–H groups in total. The van der Waals surface area contributed by atoms with Gasteiger partial charge < -0.3 is 10.1 Å². The summed E-state index contributed by atoms with van der Waals surface area (Å²) in [5, 5.41) is 2.60. The molecule has 8 heteroatoms. The molecular weight excluding hydrogens is 416 g/mol. The summed E-state index contributed by atoms with van der Waals surface area (Å²) in [4.78, 5) is 24.4. The van der Waals surface area contributed by atoms with Gasteiger partial charge in [-0.15, -0.1) is 0 Å². The van der Waals surface area contributed by atoms with Crippen molar-refractivity contribution in [1.29, 1.82) is 0 Å². The van der Waals surface area contributed by atoms with E-state index < -0.39 is 21.8 Å². The number of rotatable bonds is 8. The first kappa shape index (κ1) is 22.0. The fourth-order valence-corrected chi connectivity index (χ4v) is 3.99. The zero-order valence-electron chi connectivity index (χ0n) is 16.9. The molecule has 0 unspecified atom stereocenters. The Labute approximate surface area is 181 Å². The number of carbonyl (C=O) groups is 2. The summed E-state index contributed by atoms with van der Waals surface area (Å²) in [6, 6.07) is 21.6. The highest BCUT2D eigenvalue weighted by molar-refractivity contribution is 7.90. The first-order valence-corrected chi connectivity index (χ1v) is 11.2. The van der Waals surface area contributed by atoms with E-state index >= 15 is 0 Å². The second kappa shape index (κ2) is 9.90. The van der Waals surface area contributed by atoms with Crippen LogP contribution in [0.25, 0.3) is 0 Å². The van der Waals surface area contributed by atoms with Crippen molar-refractivity contribution in [2.24, 2.45) is 0 Å². The van der Waals surface area contributed by atoms with Gasteiger partial charge in [0.15, 0.2) is 0 Å². The van der Waals surface area contributed by atoms with Crippen molar-refractivity contribution >= 4 is 27.5 Å². The molecule has 3 rings (SSSR count). The van der Waals surface area contributed by atoms with Crippen LogP contribution in [0.1, 0.15) is 30.1 Å². The van der Waals surface area contributed by atoms with Crippen molar-refractivity contribution in [2.75, 3.05) is 5.32 Å². The lowest BCUT2D eigenvalue weighted by Crippen LogP contribution is -2.31. The first-order chi connectivity index (χ1) is 14.9. The number of hydrogen-bond acceptors (Lipinski definition) is 5. The molecule has 0 saturated heterocycles. The van der Waals surface area contributed by atoms with E-state index in [9.17, 15) is 18.0 Å². The van der Waals surface area contributed by atoms with Crippen LogP contribution in [0.2, 0.25) is 0 Å². The minimum absolute atomic E-state index is 0.0682. The third kappa shape index (κ3) is 5.93. The largest absolute Gasteiger partial charge is 0.457 e. The lowest BCUT2D eigenvalue weighted by atomic mass is 10.2. The number of nitrogens with one attached hydrogen (secondary N) is 2. The van der Waals surface area contributed by atoms with Gasteiger partial charge in [0.1, 0.15) is 16.4 Å². The molecule has 31 heavy (non-hydrogen) atoms. The minimum Gasteiger partial charge on any atom is -0.457 e. The first-order valence-electron chi connectivity index (χ1n) is 9.68. The van der Waals surface area contributed by atoms with Crippen LogP contribution in [-0.4, -0.2) is 20.2 Å². The second-order valence-electron chi connectivity index (χ2n) is 6.67. The number of para-hydroxylation sites is 2. The lowest BCUT2D eigenvalue weighted by Gasteiger charge is -2.13. The fraction of sp³-hybridized carbons (Fsp3) is 0.130. The topological polar surface area (TPSA) is 102 Å². The average Bonchev–Trinajstić information content (AvgIpc) is 2.75. The van der Waals surface area contributed by atoms with E-state index in [2.05, 4.69) is 5.32 Å². The van der Waals surface area contributed by atoms with Gasteiger partial charge in [-0.05, 0) is 48.9 Å². The maximum Gasteiger partial charge on any atom is 0.266 e. The Hall–Kier alpha value is -3.65. The molecule has 0 aliphatic rings. The van der Waals surface area contributed by atoms with Crippen LogP contribution >= 0.6 is 0 Å². The summed E-state index contributed by atoms with van der Waals surface area (Å²) in [5.74, 6) is -0.0265. The molecule has 0 atom stereocenters. The van der Waals surface area contributed by atoms with E-state index in [-0.39, 0.29) is 22.6 Å². The smallest absolute Gasteiger partial charge is 0.266 e. The van der Waals surface area contributed by atoms with Gasteiger partial charge in [0.25, 0.3) is 15.9 Å². The highest BCUT2D eigenvalue weighted by Crippen LogP contribution is 2.24. The normalized spacial score (nSPS) is 10.9. The minimum atomic E-state index is -4.13. The highest BCUT2D eigenvalue weighted by Gasteiger charge is 2.22. The Kier molecular flexibility index (Phi) is 7.04. The van der Waals surface area contributed by atoms with Crippen molar-refractivity contribution in [3.63, 3.8) is 0 Å². The number of hydrogen-bond donors (Lipinski definition) is 2. The van der Waals surface area contributed by atoms with E-state index in [1.807, 2.05) is 22.9 Å². The van der Waals surface area contributed by atoms with Gasteiger partial charge in [0.05, 0.1) is 5.69 Å². The molecule has 0 aliphatic carbocycles. The summed E-state index contributed by atoms with van der Waals surface area (Å²) in [6.45, 7) is 1.77. The van der Waals surface area contributed by atoms with Crippen LogP contribution in [0.4, 0.5) is 5.69 Å². The number of amides is 2. The molecule has 0 aliphatic heterocycles. The summed E-state index contributed by atoms with van der Waals surface area (Å²) >= 11 is 0. The van der Waals surface area contributed by atoms with Crippen LogP contribution in [0.3, 0.4) is 0 Å². The molecule has 2 amide bonds. The molecular formula is C23H22N2O5S. The third-order valence-corrected chi connectivity index (χ3v) is 5.66. The van der Waals surface area contributed by atoms with Crippen molar-refractivity contribution in [3.8, 4) is 11.5 Å². The van der Waals surface area contributed by atoms with Crippen LogP contribution in [0.15, 0.2) is 83.8 Å². The van der Waals surface area contributed by atoms with Gasteiger partial charge in [0.2, 0.25) is 5.91 Å². The molecule has 0 spiro atoms. The Balaban J connectivity index is 1.80. The SMILES string of the molecule is CCCC(=O)NS(=O)(=O)c1ccccc1NC(=O)c1cccc(Oc2ccccc2)c1. The molecule has 3 aromatic rings. The molecule has 0 heterocycles. The monoisotopic (exact) mass is 438 g/mol. The number of ether oxygens (including phenoxy) is 1. The Morgan fingerprint density at radius 2 is 1.55 bits per heavy atom. The second-order valence-corrected chi connectivity index (χ2v) is 8.32. The summed E-state index contributed by atoms with van der Waals surface area (Å²) in [5.41, 5.74) is 0.356. The zero-order valence-corrected chi connectivity index (χ0v) is 17.7. The molecule has 160 valence electrons. The standard InChI is InChI=1S/C23H22N2O5S/c1-2-9-22(26)25-31(28,29)21-15-7-6-14-20(21)24-23(27)17-10-8-13-19(16-17)30-18-11-4-3-5-12-18/h3-8,10-16H,2,9H2,1H3,(H,24,27)(H,25,26). The summed E-state index contributed by atoms with van der Waals surface area (Å²) in [6.07, 6.45) is 0.600. The Morgan fingerprint density at radius 3 is 2.29 bits per heavy atom. The van der Waals surface area contributed by atoms with E-state index in [1.165, 1.54) is 18.2 Å². The van der Waals surface area contributed by atoms with Gasteiger partial charge in [-0.2, -0.15) is 0 Å². The summed E-state index contributed by atoms with van der Waals surface area (Å²) < 4.78 is 33.0. The maximum atomic E-state index is 12.8. The van der Waals surface area contributed by atoms with Crippen LogP contribution in [-0.2, 0) is 14.8 Å². The molecule has 0 saturated carbocycles. The van der Waals surface area contributed by atoms with Crippen LogP contribution in [0, 0.1) is 0 Å². The van der Waals surface area contributed by atoms with Gasteiger partial charge in [-0.25, -0.2) is 13.1 Å². The van der Waals surface area contributed by atoms with Gasteiger partial charge in [0, 0.05) is 12.0 Å². The zero-order chi connectivity index (χ0) is 22.3. The van der Waals surface area contributed by atoms with E-state index in [0.29, 0.717) is 17.9 Å². The van der Waals surface area contributed by atoms with Crippen molar-refractivity contribution in [2.45, 2.75) is 24.7 Å². The Morgan fingerprint density at radius 1 is 0.871 bits per heavy atom. The number of sulfonamides is 1. The number of benzene rings is 3. The van der Waals surface area contributed by atoms with Crippen LogP contribution in [0.5, 0.6) is 11.5 Å². The predicted octanol–water partition coefficient (Wildman–Crippen LogP) is 4.34. The predicted molar refractivity (Wildman–Crippen MR) is 118 cm³/mol. The molecule has 3 aromatic carbocycles. The fourth-order valence-electron chi connectivity index (χ4n) is 2.81. The van der Waals surface area contributed by atoms with Crippen LogP contribution < -0.4 is 14.8 Å². The van der Waals surface area contributed by atoms with E-state index in [0.717, 1.165) is 0 Å². The number of carbonyl (C=O) groups excluding carboxylic acids is 2. The van der Waals surface area contributed by atoms with Gasteiger partial charge in [-0.1, -0.05) is 43.3 Å². The van der Waals surface area contributed by atoms with Crippen molar-refractivity contribution in [1.82, 2.24) is 4.72 Å².